The lowest BCUT2D eigenvalue weighted by atomic mass is 9.81. The van der Waals surface area contributed by atoms with Crippen molar-refractivity contribution < 1.29 is 50.3 Å². The first kappa shape index (κ1) is 18.9. The molecular weight excluding hydrogens is 316 g/mol. The third kappa shape index (κ3) is 3.24. The molecule has 0 spiro atoms. The molecule has 1 aliphatic carbocycles. The van der Waals surface area contributed by atoms with Gasteiger partial charge >= 0.3 is 0 Å². The monoisotopic (exact) mass is 340 g/mol. The standard InChI is InChI=1S/C13H24O10/c14-2-5-1-6(9(18)11(20)8(5)17)22-13(4-16)12(21)10(19)7(3-15)23-13/h5-12,14-21H,1-4H2/t5?,6-,7+,8+,9?,10?,11+,12+,13+/m0/s1. The Balaban J connectivity index is 2.18. The predicted octanol–water partition coefficient (Wildman–Crippen LogP) is -4.73. The molecule has 136 valence electrons. The normalized spacial score (nSPS) is 51.1. The molecule has 0 aromatic carbocycles. The van der Waals surface area contributed by atoms with Gasteiger partial charge in [0.05, 0.1) is 18.8 Å². The van der Waals surface area contributed by atoms with Crippen molar-refractivity contribution >= 4 is 0 Å². The Hall–Kier alpha value is -0.400. The minimum absolute atomic E-state index is 0.0758. The van der Waals surface area contributed by atoms with Crippen molar-refractivity contribution in [3.63, 3.8) is 0 Å². The fourth-order valence-electron chi connectivity index (χ4n) is 3.10. The average Bonchev–Trinajstić information content (AvgIpc) is 2.80. The summed E-state index contributed by atoms with van der Waals surface area (Å²) in [7, 11) is 0. The van der Waals surface area contributed by atoms with E-state index in [9.17, 15) is 35.7 Å². The van der Waals surface area contributed by atoms with E-state index in [1.54, 1.807) is 0 Å². The molecule has 1 saturated carbocycles. The van der Waals surface area contributed by atoms with E-state index in [4.69, 9.17) is 14.6 Å². The molecule has 8 N–H and O–H groups in total. The van der Waals surface area contributed by atoms with Gasteiger partial charge in [0.2, 0.25) is 5.79 Å². The second-order valence-electron chi connectivity index (χ2n) is 6.05. The zero-order valence-corrected chi connectivity index (χ0v) is 12.3. The maximum atomic E-state index is 10.1. The Morgan fingerprint density at radius 2 is 1.52 bits per heavy atom. The third-order valence-corrected chi connectivity index (χ3v) is 4.59. The van der Waals surface area contributed by atoms with E-state index in [-0.39, 0.29) is 6.42 Å². The van der Waals surface area contributed by atoms with Crippen LogP contribution in [0.5, 0.6) is 0 Å². The first-order valence-electron chi connectivity index (χ1n) is 7.39. The number of hydrogen-bond acceptors (Lipinski definition) is 10. The summed E-state index contributed by atoms with van der Waals surface area (Å²) in [5.41, 5.74) is 0. The third-order valence-electron chi connectivity index (χ3n) is 4.59. The van der Waals surface area contributed by atoms with Crippen LogP contribution in [-0.4, -0.2) is 109 Å². The quantitative estimate of drug-likeness (QED) is 0.242. The van der Waals surface area contributed by atoms with Gasteiger partial charge < -0.3 is 50.3 Å². The number of hydrogen-bond donors (Lipinski definition) is 8. The number of aliphatic hydroxyl groups is 8. The Bertz CT molecular complexity index is 393. The van der Waals surface area contributed by atoms with Crippen molar-refractivity contribution in [3.05, 3.63) is 0 Å². The first-order chi connectivity index (χ1) is 10.8. The van der Waals surface area contributed by atoms with Crippen LogP contribution in [0.3, 0.4) is 0 Å². The lowest BCUT2D eigenvalue weighted by Crippen LogP contribution is -2.59. The summed E-state index contributed by atoms with van der Waals surface area (Å²) in [5, 5.41) is 77.3. The van der Waals surface area contributed by atoms with Crippen molar-refractivity contribution in [1.82, 2.24) is 0 Å². The Kier molecular flexibility index (Phi) is 5.95. The Morgan fingerprint density at radius 1 is 0.870 bits per heavy atom. The topological polar surface area (TPSA) is 180 Å². The van der Waals surface area contributed by atoms with Gasteiger partial charge in [0, 0.05) is 12.5 Å². The molecular formula is C13H24O10. The molecule has 0 radical (unpaired) electrons. The van der Waals surface area contributed by atoms with E-state index in [0.29, 0.717) is 0 Å². The molecule has 23 heavy (non-hydrogen) atoms. The fourth-order valence-corrected chi connectivity index (χ4v) is 3.10. The molecule has 1 heterocycles. The highest BCUT2D eigenvalue weighted by Crippen LogP contribution is 2.37. The molecule has 3 unspecified atom stereocenters. The van der Waals surface area contributed by atoms with Crippen LogP contribution in [-0.2, 0) is 9.47 Å². The van der Waals surface area contributed by atoms with E-state index in [2.05, 4.69) is 0 Å². The molecule has 9 atom stereocenters. The molecule has 1 aliphatic heterocycles. The van der Waals surface area contributed by atoms with E-state index >= 15 is 0 Å². The molecule has 0 aromatic rings. The fraction of sp³-hybridized carbons (Fsp3) is 1.00. The highest BCUT2D eigenvalue weighted by molar-refractivity contribution is 5.00. The highest BCUT2D eigenvalue weighted by atomic mass is 16.7. The van der Waals surface area contributed by atoms with Gasteiger partial charge in [-0.1, -0.05) is 0 Å². The summed E-state index contributed by atoms with van der Waals surface area (Å²) < 4.78 is 10.7. The molecule has 0 bridgehead atoms. The number of aliphatic hydroxyl groups excluding tert-OH is 8. The van der Waals surface area contributed by atoms with Crippen LogP contribution in [0.2, 0.25) is 0 Å². The average molecular weight is 340 g/mol. The molecule has 1 saturated heterocycles. The van der Waals surface area contributed by atoms with Crippen LogP contribution >= 0.6 is 0 Å². The molecule has 2 fully saturated rings. The largest absolute Gasteiger partial charge is 0.396 e. The van der Waals surface area contributed by atoms with E-state index in [1.165, 1.54) is 0 Å². The molecule has 0 amide bonds. The van der Waals surface area contributed by atoms with Crippen LogP contribution < -0.4 is 0 Å². The maximum absolute atomic E-state index is 10.1. The number of ether oxygens (including phenoxy) is 2. The zero-order chi connectivity index (χ0) is 17.4. The SMILES string of the molecule is OCC1C[C@H](O[C@]2(CO)O[C@H](CO)C(O)[C@H]2O)C(O)[C@H](O)[C@@H]1O. The Labute approximate surface area is 132 Å². The summed E-state index contributed by atoms with van der Waals surface area (Å²) in [4.78, 5) is 0. The lowest BCUT2D eigenvalue weighted by Gasteiger charge is -2.43. The molecule has 10 nitrogen and oxygen atoms in total. The summed E-state index contributed by atoms with van der Waals surface area (Å²) >= 11 is 0. The first-order valence-corrected chi connectivity index (χ1v) is 7.39. The van der Waals surface area contributed by atoms with Gasteiger partial charge in [-0.25, -0.2) is 0 Å². The van der Waals surface area contributed by atoms with Gasteiger partial charge in [0.1, 0.15) is 37.1 Å². The van der Waals surface area contributed by atoms with Crippen LogP contribution in [0.4, 0.5) is 0 Å². The van der Waals surface area contributed by atoms with Crippen molar-refractivity contribution in [3.8, 4) is 0 Å². The van der Waals surface area contributed by atoms with Gasteiger partial charge in [-0.3, -0.25) is 0 Å². The molecule has 0 aromatic heterocycles. The van der Waals surface area contributed by atoms with Crippen LogP contribution in [0, 0.1) is 5.92 Å². The summed E-state index contributed by atoms with van der Waals surface area (Å²) in [6, 6.07) is 0. The van der Waals surface area contributed by atoms with E-state index in [0.717, 1.165) is 0 Å². The minimum Gasteiger partial charge on any atom is -0.396 e. The lowest BCUT2D eigenvalue weighted by molar-refractivity contribution is -0.319. The van der Waals surface area contributed by atoms with Crippen LogP contribution in [0.25, 0.3) is 0 Å². The summed E-state index contributed by atoms with van der Waals surface area (Å²) in [6.07, 6.45) is -10.2. The van der Waals surface area contributed by atoms with Gasteiger partial charge in [-0.05, 0) is 6.42 Å². The second-order valence-corrected chi connectivity index (χ2v) is 6.05. The Morgan fingerprint density at radius 3 is 2.00 bits per heavy atom. The second kappa shape index (κ2) is 7.23. The molecule has 2 rings (SSSR count). The smallest absolute Gasteiger partial charge is 0.221 e. The van der Waals surface area contributed by atoms with Crippen molar-refractivity contribution in [1.29, 1.82) is 0 Å². The maximum Gasteiger partial charge on any atom is 0.221 e. The summed E-state index contributed by atoms with van der Waals surface area (Å²) in [5.74, 6) is -2.88. The van der Waals surface area contributed by atoms with Gasteiger partial charge in [0.25, 0.3) is 0 Å². The van der Waals surface area contributed by atoms with Crippen molar-refractivity contribution in [2.75, 3.05) is 19.8 Å². The summed E-state index contributed by atoms with van der Waals surface area (Å²) in [6.45, 7) is -1.98. The van der Waals surface area contributed by atoms with Crippen LogP contribution in [0.15, 0.2) is 0 Å². The van der Waals surface area contributed by atoms with Gasteiger partial charge in [-0.2, -0.15) is 0 Å². The predicted molar refractivity (Wildman–Crippen MR) is 71.9 cm³/mol. The highest BCUT2D eigenvalue weighted by Gasteiger charge is 2.57. The zero-order valence-electron chi connectivity index (χ0n) is 12.3. The van der Waals surface area contributed by atoms with Gasteiger partial charge in [-0.15, -0.1) is 0 Å². The van der Waals surface area contributed by atoms with Crippen molar-refractivity contribution in [2.45, 2.75) is 54.9 Å². The number of rotatable bonds is 5. The van der Waals surface area contributed by atoms with Crippen LogP contribution in [0.1, 0.15) is 6.42 Å². The van der Waals surface area contributed by atoms with Gasteiger partial charge in [0.15, 0.2) is 0 Å². The van der Waals surface area contributed by atoms with Crippen molar-refractivity contribution in [2.24, 2.45) is 5.92 Å². The van der Waals surface area contributed by atoms with E-state index < -0.39 is 74.3 Å². The molecule has 2 aliphatic rings. The van der Waals surface area contributed by atoms with E-state index in [1.807, 2.05) is 0 Å². The minimum atomic E-state index is -2.10. The molecule has 10 heteroatoms.